The smallest absolute Gasteiger partial charge is 0.159 e. The molecular weight excluding hydrogens is 851 g/mol. The lowest BCUT2D eigenvalue weighted by atomic mass is 9.71. The number of ether oxygens (including phenoxy) is 1. The molecule has 2 aliphatic heterocycles. The molecule has 6 aliphatic rings. The number of aliphatic imine (C=N–C) groups is 2. The van der Waals surface area contributed by atoms with Gasteiger partial charge < -0.3 is 9.64 Å². The fraction of sp³-hybridized carbons (Fsp3) is 0.212. The summed E-state index contributed by atoms with van der Waals surface area (Å²) in [5, 5.41) is 0. The molecule has 0 saturated heterocycles. The Bertz CT molecular complexity index is 3520. The fourth-order valence-electron chi connectivity index (χ4n) is 13.0. The average Bonchev–Trinajstić information content (AvgIpc) is 3.78. The predicted molar refractivity (Wildman–Crippen MR) is 289 cm³/mol. The second kappa shape index (κ2) is 16.0. The molecule has 4 aliphatic carbocycles. The maximum Gasteiger partial charge on any atom is 0.159 e. The highest BCUT2D eigenvalue weighted by molar-refractivity contribution is 6.13. The van der Waals surface area contributed by atoms with Crippen LogP contribution in [0, 0.1) is 5.92 Å². The molecule has 3 unspecified atom stereocenters. The summed E-state index contributed by atoms with van der Waals surface area (Å²) in [5.41, 5.74) is 24.6. The number of benzene rings is 7. The molecule has 13 rings (SSSR count). The van der Waals surface area contributed by atoms with Crippen LogP contribution in [0.15, 0.2) is 203 Å². The van der Waals surface area contributed by atoms with Crippen molar-refractivity contribution < 1.29 is 4.74 Å². The van der Waals surface area contributed by atoms with Crippen molar-refractivity contribution in [1.82, 2.24) is 4.90 Å². The summed E-state index contributed by atoms with van der Waals surface area (Å²) in [6, 6.07) is 60.0. The van der Waals surface area contributed by atoms with Crippen molar-refractivity contribution in [2.45, 2.75) is 77.0 Å². The first kappa shape index (κ1) is 42.5. The summed E-state index contributed by atoms with van der Waals surface area (Å²) in [6.07, 6.45) is 9.14. The number of nitrogens with zero attached hydrogens (tertiary/aromatic N) is 3. The zero-order valence-corrected chi connectivity index (χ0v) is 40.9. The summed E-state index contributed by atoms with van der Waals surface area (Å²) >= 11 is 0. The van der Waals surface area contributed by atoms with Gasteiger partial charge in [0.2, 0.25) is 0 Å². The second-order valence-electron chi connectivity index (χ2n) is 21.2. The molecule has 0 amide bonds. The van der Waals surface area contributed by atoms with Gasteiger partial charge in [-0.15, -0.1) is 0 Å². The third-order valence-electron chi connectivity index (χ3n) is 16.5. The van der Waals surface area contributed by atoms with Gasteiger partial charge in [-0.2, -0.15) is 0 Å². The van der Waals surface area contributed by atoms with E-state index in [4.69, 9.17) is 14.7 Å². The normalized spacial score (nSPS) is 21.1. The lowest BCUT2D eigenvalue weighted by Gasteiger charge is -2.34. The van der Waals surface area contributed by atoms with Crippen molar-refractivity contribution in [3.8, 4) is 28.0 Å². The number of rotatable bonds is 6. The second-order valence-corrected chi connectivity index (χ2v) is 21.2. The zero-order chi connectivity index (χ0) is 47.5. The monoisotopic (exact) mass is 907 g/mol. The third-order valence-corrected chi connectivity index (χ3v) is 16.5. The molecule has 4 nitrogen and oxygen atoms in total. The largest absolute Gasteiger partial charge is 0.488 e. The predicted octanol–water partition coefficient (Wildman–Crippen LogP) is 15.7. The van der Waals surface area contributed by atoms with Gasteiger partial charge in [-0.05, 0) is 120 Å². The SMILES string of the molecule is CC1C=CC2=C(c3ccccc3C2(C)C)C1c1cc(C2=C3C(=CCC2)C(C)(C)c2ccccc23)c2c(c1)-c1c(cccc1-c1cccc(C3N=C(c4ccccc4)N=C(c4ccccc4)N3C)c1)OC2. The van der Waals surface area contributed by atoms with Crippen LogP contribution < -0.4 is 4.74 Å². The van der Waals surface area contributed by atoms with Gasteiger partial charge >= 0.3 is 0 Å². The molecule has 0 spiro atoms. The van der Waals surface area contributed by atoms with E-state index in [9.17, 15) is 0 Å². The molecule has 0 saturated carbocycles. The Balaban J connectivity index is 1.02. The first-order valence-electron chi connectivity index (χ1n) is 25.2. The Hall–Kier alpha value is -7.56. The first-order valence-corrected chi connectivity index (χ1v) is 25.2. The van der Waals surface area contributed by atoms with Gasteiger partial charge in [-0.3, -0.25) is 0 Å². The number of fused-ring (bicyclic) bond motifs is 8. The van der Waals surface area contributed by atoms with E-state index in [1.165, 1.54) is 72.4 Å². The number of amidine groups is 2. The van der Waals surface area contributed by atoms with Crippen molar-refractivity contribution in [3.05, 3.63) is 249 Å². The van der Waals surface area contributed by atoms with Gasteiger partial charge in [-0.1, -0.05) is 198 Å². The minimum atomic E-state index is -0.300. The van der Waals surface area contributed by atoms with Crippen LogP contribution >= 0.6 is 0 Å². The van der Waals surface area contributed by atoms with Gasteiger partial charge in [0.05, 0.1) is 0 Å². The summed E-state index contributed by atoms with van der Waals surface area (Å²) in [4.78, 5) is 12.8. The summed E-state index contributed by atoms with van der Waals surface area (Å²) < 4.78 is 7.00. The third kappa shape index (κ3) is 6.42. The van der Waals surface area contributed by atoms with Crippen LogP contribution in [0.2, 0.25) is 0 Å². The molecule has 70 heavy (non-hydrogen) atoms. The topological polar surface area (TPSA) is 37.2 Å². The number of hydrogen-bond donors (Lipinski definition) is 0. The van der Waals surface area contributed by atoms with Gasteiger partial charge in [-0.25, -0.2) is 9.98 Å². The van der Waals surface area contributed by atoms with Gasteiger partial charge in [0.25, 0.3) is 0 Å². The summed E-state index contributed by atoms with van der Waals surface area (Å²) in [7, 11) is 2.11. The molecule has 0 radical (unpaired) electrons. The van der Waals surface area contributed by atoms with Gasteiger partial charge in [0.1, 0.15) is 18.2 Å². The average molecular weight is 908 g/mol. The van der Waals surface area contributed by atoms with Crippen molar-refractivity contribution >= 4 is 28.4 Å². The maximum atomic E-state index is 7.00. The Kier molecular flexibility index (Phi) is 9.72. The Morgan fingerprint density at radius 2 is 1.27 bits per heavy atom. The molecule has 0 aromatic heterocycles. The van der Waals surface area contributed by atoms with E-state index in [1.54, 1.807) is 0 Å². The molecule has 7 aromatic carbocycles. The molecule has 4 heteroatoms. The summed E-state index contributed by atoms with van der Waals surface area (Å²) in [5.74, 6) is 3.02. The van der Waals surface area contributed by atoms with E-state index in [-0.39, 0.29) is 22.9 Å². The van der Waals surface area contributed by atoms with E-state index in [0.717, 1.165) is 63.6 Å². The Morgan fingerprint density at radius 3 is 2.06 bits per heavy atom. The van der Waals surface area contributed by atoms with Crippen LogP contribution in [0.5, 0.6) is 5.75 Å². The van der Waals surface area contributed by atoms with Crippen LogP contribution in [0.4, 0.5) is 0 Å². The van der Waals surface area contributed by atoms with E-state index in [1.807, 2.05) is 6.07 Å². The molecule has 3 atom stereocenters. The van der Waals surface area contributed by atoms with Gasteiger partial charge in [0.15, 0.2) is 12.0 Å². The number of allylic oxidation sites excluding steroid dienone is 8. The summed E-state index contributed by atoms with van der Waals surface area (Å²) in [6.45, 7) is 12.6. The zero-order valence-electron chi connectivity index (χ0n) is 40.9. The van der Waals surface area contributed by atoms with Crippen molar-refractivity contribution in [3.63, 3.8) is 0 Å². The molecule has 0 N–H and O–H groups in total. The minimum Gasteiger partial charge on any atom is -0.488 e. The van der Waals surface area contributed by atoms with Crippen LogP contribution in [-0.2, 0) is 17.4 Å². The molecule has 0 bridgehead atoms. The molecule has 0 fully saturated rings. The van der Waals surface area contributed by atoms with E-state index in [0.29, 0.717) is 12.5 Å². The highest BCUT2D eigenvalue weighted by atomic mass is 16.5. The van der Waals surface area contributed by atoms with Crippen LogP contribution in [0.1, 0.15) is 115 Å². The van der Waals surface area contributed by atoms with E-state index in [2.05, 4.69) is 223 Å². The molecule has 342 valence electrons. The van der Waals surface area contributed by atoms with Crippen molar-refractivity contribution in [1.29, 1.82) is 0 Å². The fourth-order valence-corrected chi connectivity index (χ4v) is 13.0. The number of hydrogen-bond acceptors (Lipinski definition) is 4. The van der Waals surface area contributed by atoms with Crippen molar-refractivity contribution in [2.24, 2.45) is 15.9 Å². The van der Waals surface area contributed by atoms with Crippen LogP contribution in [0.3, 0.4) is 0 Å². The standard InChI is InChI=1S/C66H57N3O/c1-40-34-35-56-61(49-27-14-16-31-54(49)66(56,4)5)58(40)45-37-50(47-29-18-32-55-59(47)48-26-13-15-30-53(48)65(55,2)3)52-39-70-57-33-19-28-46(60(57)51(52)38-45)43-24-17-25-44(36-43)64-68-62(41-20-9-7-10-21-41)67-63(69(64)6)42-22-11-8-12-23-42/h7-17,19-28,30-38,40,58,64H,18,29,39H2,1-6H3. The lowest BCUT2D eigenvalue weighted by molar-refractivity contribution is 0.302. The maximum absolute atomic E-state index is 7.00. The van der Waals surface area contributed by atoms with Crippen LogP contribution in [0.25, 0.3) is 39.0 Å². The van der Waals surface area contributed by atoms with Crippen molar-refractivity contribution in [2.75, 3.05) is 7.05 Å². The van der Waals surface area contributed by atoms with E-state index >= 15 is 0 Å². The minimum absolute atomic E-state index is 0.0793. The Morgan fingerprint density at radius 1 is 0.614 bits per heavy atom. The van der Waals surface area contributed by atoms with E-state index < -0.39 is 0 Å². The quantitative estimate of drug-likeness (QED) is 0.167. The van der Waals surface area contributed by atoms with Crippen LogP contribution in [-0.4, -0.2) is 23.6 Å². The highest BCUT2D eigenvalue weighted by Crippen LogP contribution is 2.59. The lowest BCUT2D eigenvalue weighted by Crippen LogP contribution is -2.35. The highest BCUT2D eigenvalue weighted by Gasteiger charge is 2.44. The Labute approximate surface area is 412 Å². The molecular formula is C66H57N3O. The molecule has 2 heterocycles. The molecule has 7 aromatic rings. The van der Waals surface area contributed by atoms with Gasteiger partial charge in [0, 0.05) is 46.0 Å². The first-order chi connectivity index (χ1) is 34.1.